The van der Waals surface area contributed by atoms with Crippen LogP contribution in [0.2, 0.25) is 0 Å². The Morgan fingerprint density at radius 1 is 0.909 bits per heavy atom. The Morgan fingerprint density at radius 2 is 1.50 bits per heavy atom. The lowest BCUT2D eigenvalue weighted by Gasteiger charge is -2.36. The number of hydrogen-bond acceptors (Lipinski definition) is 4. The third-order valence-electron chi connectivity index (χ3n) is 4.36. The Morgan fingerprint density at radius 3 is 2.05 bits per heavy atom. The van der Waals surface area contributed by atoms with E-state index in [2.05, 4.69) is 67.0 Å². The summed E-state index contributed by atoms with van der Waals surface area (Å²) in [6.45, 7) is 8.50. The fourth-order valence-corrected chi connectivity index (χ4v) is 3.29. The van der Waals surface area contributed by atoms with Crippen LogP contribution in [0.3, 0.4) is 0 Å². The molecule has 0 unspecified atom stereocenters. The lowest BCUT2D eigenvalue weighted by atomic mass is 9.91. The van der Waals surface area contributed by atoms with Gasteiger partial charge in [0.05, 0.1) is 0 Å². The van der Waals surface area contributed by atoms with E-state index in [0.29, 0.717) is 0 Å². The number of rotatable bonds is 2. The standard InChI is InChI=1S/C18H26N4/c1-18(2)12-20-17(22(4)13-18)15-8-6-14(7-9-15)16-19-10-5-11-21(16)3/h6-9H,5,10-13H2,1-4H3. The van der Waals surface area contributed by atoms with Crippen molar-refractivity contribution in [2.75, 3.05) is 40.3 Å². The Labute approximate surface area is 133 Å². The van der Waals surface area contributed by atoms with Crippen molar-refractivity contribution in [2.45, 2.75) is 20.3 Å². The molecule has 0 aliphatic carbocycles. The van der Waals surface area contributed by atoms with E-state index < -0.39 is 0 Å². The molecule has 2 heterocycles. The van der Waals surface area contributed by atoms with E-state index in [0.717, 1.165) is 44.3 Å². The minimum absolute atomic E-state index is 0.262. The number of amidine groups is 2. The summed E-state index contributed by atoms with van der Waals surface area (Å²) in [7, 11) is 4.25. The molecule has 0 N–H and O–H groups in total. The Balaban J connectivity index is 1.83. The molecule has 2 aliphatic rings. The van der Waals surface area contributed by atoms with Crippen LogP contribution in [-0.2, 0) is 0 Å². The van der Waals surface area contributed by atoms with Gasteiger partial charge in [-0.15, -0.1) is 0 Å². The van der Waals surface area contributed by atoms with Crippen molar-refractivity contribution in [1.82, 2.24) is 9.80 Å². The fraction of sp³-hybridized carbons (Fsp3) is 0.556. The molecule has 0 saturated carbocycles. The normalized spacial score (nSPS) is 21.5. The number of hydrogen-bond donors (Lipinski definition) is 0. The van der Waals surface area contributed by atoms with Gasteiger partial charge >= 0.3 is 0 Å². The number of nitrogens with zero attached hydrogens (tertiary/aromatic N) is 4. The summed E-state index contributed by atoms with van der Waals surface area (Å²) in [6, 6.07) is 8.69. The highest BCUT2D eigenvalue weighted by Gasteiger charge is 2.27. The highest BCUT2D eigenvalue weighted by Crippen LogP contribution is 2.23. The van der Waals surface area contributed by atoms with Gasteiger partial charge in [-0.2, -0.15) is 0 Å². The van der Waals surface area contributed by atoms with E-state index in [4.69, 9.17) is 4.99 Å². The van der Waals surface area contributed by atoms with Gasteiger partial charge in [-0.25, -0.2) is 0 Å². The summed E-state index contributed by atoms with van der Waals surface area (Å²) in [5.74, 6) is 2.21. The average molecular weight is 298 g/mol. The van der Waals surface area contributed by atoms with Crippen LogP contribution in [0, 0.1) is 5.41 Å². The van der Waals surface area contributed by atoms with Crippen LogP contribution in [-0.4, -0.2) is 61.7 Å². The first-order valence-electron chi connectivity index (χ1n) is 8.08. The maximum atomic E-state index is 4.79. The van der Waals surface area contributed by atoms with Crippen molar-refractivity contribution in [3.8, 4) is 0 Å². The van der Waals surface area contributed by atoms with E-state index in [1.807, 2.05) is 0 Å². The zero-order valence-electron chi connectivity index (χ0n) is 14.1. The minimum Gasteiger partial charge on any atom is -0.359 e. The lowest BCUT2D eigenvalue weighted by molar-refractivity contribution is 0.267. The first kappa shape index (κ1) is 15.1. The third-order valence-corrected chi connectivity index (χ3v) is 4.36. The predicted octanol–water partition coefficient (Wildman–Crippen LogP) is 2.49. The van der Waals surface area contributed by atoms with Gasteiger partial charge in [-0.05, 0) is 6.42 Å². The van der Waals surface area contributed by atoms with Crippen LogP contribution in [0.4, 0.5) is 0 Å². The molecule has 0 bridgehead atoms. The zero-order valence-corrected chi connectivity index (χ0v) is 14.1. The SMILES string of the molecule is CN1CCCN=C1c1ccc(C2=NCC(C)(C)CN2C)cc1. The van der Waals surface area contributed by atoms with E-state index in [1.165, 1.54) is 11.1 Å². The monoisotopic (exact) mass is 298 g/mol. The van der Waals surface area contributed by atoms with Crippen LogP contribution < -0.4 is 0 Å². The smallest absolute Gasteiger partial charge is 0.130 e. The third kappa shape index (κ3) is 3.01. The molecular formula is C18H26N4. The molecule has 0 radical (unpaired) electrons. The van der Waals surface area contributed by atoms with Crippen molar-refractivity contribution < 1.29 is 0 Å². The maximum Gasteiger partial charge on any atom is 0.130 e. The molecule has 2 aliphatic heterocycles. The second-order valence-electron chi connectivity index (χ2n) is 7.22. The second kappa shape index (κ2) is 5.75. The molecular weight excluding hydrogens is 272 g/mol. The molecule has 0 spiro atoms. The molecule has 0 saturated heterocycles. The molecule has 0 fully saturated rings. The quantitative estimate of drug-likeness (QED) is 0.840. The summed E-state index contributed by atoms with van der Waals surface area (Å²) in [4.78, 5) is 14.0. The summed E-state index contributed by atoms with van der Waals surface area (Å²) in [5, 5.41) is 0. The van der Waals surface area contributed by atoms with Gasteiger partial charge in [0.1, 0.15) is 11.7 Å². The summed E-state index contributed by atoms with van der Waals surface area (Å²) >= 11 is 0. The summed E-state index contributed by atoms with van der Waals surface area (Å²) < 4.78 is 0. The summed E-state index contributed by atoms with van der Waals surface area (Å²) in [6.07, 6.45) is 1.15. The van der Waals surface area contributed by atoms with Crippen LogP contribution in [0.5, 0.6) is 0 Å². The van der Waals surface area contributed by atoms with Crippen LogP contribution in [0.15, 0.2) is 34.3 Å². The largest absolute Gasteiger partial charge is 0.359 e. The molecule has 4 nitrogen and oxygen atoms in total. The van der Waals surface area contributed by atoms with Gasteiger partial charge in [0, 0.05) is 56.8 Å². The molecule has 1 aromatic rings. The van der Waals surface area contributed by atoms with E-state index in [-0.39, 0.29) is 5.41 Å². The van der Waals surface area contributed by atoms with Gasteiger partial charge in [-0.1, -0.05) is 38.1 Å². The molecule has 0 amide bonds. The highest BCUT2D eigenvalue weighted by molar-refractivity contribution is 6.02. The van der Waals surface area contributed by atoms with Gasteiger partial charge < -0.3 is 9.80 Å². The van der Waals surface area contributed by atoms with E-state index >= 15 is 0 Å². The van der Waals surface area contributed by atoms with Gasteiger partial charge in [0.25, 0.3) is 0 Å². The van der Waals surface area contributed by atoms with Gasteiger partial charge in [-0.3, -0.25) is 9.98 Å². The van der Waals surface area contributed by atoms with Crippen LogP contribution in [0.25, 0.3) is 0 Å². The zero-order chi connectivity index (χ0) is 15.7. The van der Waals surface area contributed by atoms with Gasteiger partial charge in [0.2, 0.25) is 0 Å². The van der Waals surface area contributed by atoms with E-state index in [1.54, 1.807) is 0 Å². The average Bonchev–Trinajstić information content (AvgIpc) is 2.47. The molecule has 22 heavy (non-hydrogen) atoms. The molecule has 0 atom stereocenters. The minimum atomic E-state index is 0.262. The number of aliphatic imine (C=N–C) groups is 2. The highest BCUT2D eigenvalue weighted by atomic mass is 15.2. The summed E-state index contributed by atoms with van der Waals surface area (Å²) in [5.41, 5.74) is 2.66. The van der Waals surface area contributed by atoms with Crippen LogP contribution >= 0.6 is 0 Å². The second-order valence-corrected chi connectivity index (χ2v) is 7.22. The first-order valence-corrected chi connectivity index (χ1v) is 8.08. The first-order chi connectivity index (χ1) is 10.5. The number of benzene rings is 1. The lowest BCUT2D eigenvalue weighted by Crippen LogP contribution is -2.42. The molecule has 1 aromatic carbocycles. The molecule has 3 rings (SSSR count). The molecule has 4 heteroatoms. The van der Waals surface area contributed by atoms with E-state index in [9.17, 15) is 0 Å². The topological polar surface area (TPSA) is 31.2 Å². The Bertz CT molecular complexity index is 598. The van der Waals surface area contributed by atoms with Crippen molar-refractivity contribution in [1.29, 1.82) is 0 Å². The van der Waals surface area contributed by atoms with Gasteiger partial charge in [0.15, 0.2) is 0 Å². The Kier molecular flexibility index (Phi) is 3.94. The maximum absolute atomic E-state index is 4.79. The van der Waals surface area contributed by atoms with Crippen molar-refractivity contribution >= 4 is 11.7 Å². The molecule has 0 aromatic heterocycles. The Hall–Kier alpha value is -1.84. The molecule has 118 valence electrons. The van der Waals surface area contributed by atoms with Crippen molar-refractivity contribution in [3.63, 3.8) is 0 Å². The van der Waals surface area contributed by atoms with Crippen molar-refractivity contribution in [3.05, 3.63) is 35.4 Å². The van der Waals surface area contributed by atoms with Crippen LogP contribution in [0.1, 0.15) is 31.4 Å². The fourth-order valence-electron chi connectivity index (χ4n) is 3.29. The van der Waals surface area contributed by atoms with Crippen molar-refractivity contribution in [2.24, 2.45) is 15.4 Å². The predicted molar refractivity (Wildman–Crippen MR) is 92.9 cm³/mol.